The Balaban J connectivity index is 1.65. The monoisotopic (exact) mass is 290 g/mol. The SMILES string of the molecule is CC1CCCC(C(=O)OCCNC(=O)c2ccncc2)C1. The van der Waals surface area contributed by atoms with Gasteiger partial charge in [-0.3, -0.25) is 14.6 Å². The Labute approximate surface area is 125 Å². The third-order valence-corrected chi connectivity index (χ3v) is 3.84. The number of amides is 1. The van der Waals surface area contributed by atoms with Crippen LogP contribution in [0.15, 0.2) is 24.5 Å². The highest BCUT2D eigenvalue weighted by Gasteiger charge is 2.26. The van der Waals surface area contributed by atoms with Crippen molar-refractivity contribution in [3.05, 3.63) is 30.1 Å². The van der Waals surface area contributed by atoms with E-state index in [1.54, 1.807) is 24.5 Å². The zero-order valence-corrected chi connectivity index (χ0v) is 12.4. The zero-order chi connectivity index (χ0) is 15.1. The van der Waals surface area contributed by atoms with Crippen LogP contribution in [0.1, 0.15) is 43.0 Å². The number of ether oxygens (including phenoxy) is 1. The van der Waals surface area contributed by atoms with Crippen molar-refractivity contribution in [2.24, 2.45) is 11.8 Å². The van der Waals surface area contributed by atoms with Crippen molar-refractivity contribution in [2.75, 3.05) is 13.2 Å². The van der Waals surface area contributed by atoms with Crippen molar-refractivity contribution >= 4 is 11.9 Å². The largest absolute Gasteiger partial charge is 0.464 e. The van der Waals surface area contributed by atoms with Crippen molar-refractivity contribution in [2.45, 2.75) is 32.6 Å². The van der Waals surface area contributed by atoms with Crippen LogP contribution in [0, 0.1) is 11.8 Å². The molecule has 0 spiro atoms. The summed E-state index contributed by atoms with van der Waals surface area (Å²) in [5.74, 6) is 0.326. The molecule has 1 aromatic heterocycles. The van der Waals surface area contributed by atoms with Crippen LogP contribution in [0.5, 0.6) is 0 Å². The number of pyridine rings is 1. The second-order valence-electron chi connectivity index (χ2n) is 5.63. The minimum atomic E-state index is -0.181. The average molecular weight is 290 g/mol. The molecule has 1 amide bonds. The van der Waals surface area contributed by atoms with Gasteiger partial charge in [-0.05, 0) is 30.9 Å². The number of esters is 1. The van der Waals surface area contributed by atoms with Gasteiger partial charge in [-0.25, -0.2) is 0 Å². The summed E-state index contributed by atoms with van der Waals surface area (Å²) in [5.41, 5.74) is 0.553. The van der Waals surface area contributed by atoms with Crippen LogP contribution in [0.2, 0.25) is 0 Å². The molecule has 114 valence electrons. The van der Waals surface area contributed by atoms with Gasteiger partial charge in [-0.15, -0.1) is 0 Å². The van der Waals surface area contributed by atoms with E-state index in [1.165, 1.54) is 6.42 Å². The minimum absolute atomic E-state index is 0.0321. The Kier molecular flexibility index (Phi) is 5.72. The smallest absolute Gasteiger partial charge is 0.309 e. The number of hydrogen-bond donors (Lipinski definition) is 1. The summed E-state index contributed by atoms with van der Waals surface area (Å²) in [6.07, 6.45) is 7.28. The van der Waals surface area contributed by atoms with Gasteiger partial charge in [0.25, 0.3) is 5.91 Å². The highest BCUT2D eigenvalue weighted by atomic mass is 16.5. The topological polar surface area (TPSA) is 68.3 Å². The Morgan fingerprint density at radius 2 is 2.10 bits per heavy atom. The fourth-order valence-corrected chi connectivity index (χ4v) is 2.69. The van der Waals surface area contributed by atoms with Gasteiger partial charge in [0.05, 0.1) is 12.5 Å². The van der Waals surface area contributed by atoms with E-state index in [1.807, 2.05) is 0 Å². The molecule has 2 rings (SSSR count). The lowest BCUT2D eigenvalue weighted by Crippen LogP contribution is -2.30. The fraction of sp³-hybridized carbons (Fsp3) is 0.562. The van der Waals surface area contributed by atoms with E-state index >= 15 is 0 Å². The molecule has 5 heteroatoms. The molecule has 1 aliphatic carbocycles. The molecule has 1 N–H and O–H groups in total. The molecule has 1 heterocycles. The van der Waals surface area contributed by atoms with E-state index in [0.717, 1.165) is 19.3 Å². The van der Waals surface area contributed by atoms with Gasteiger partial charge in [0.1, 0.15) is 6.61 Å². The fourth-order valence-electron chi connectivity index (χ4n) is 2.69. The second kappa shape index (κ2) is 7.76. The predicted molar refractivity (Wildman–Crippen MR) is 78.7 cm³/mol. The van der Waals surface area contributed by atoms with Gasteiger partial charge in [-0.2, -0.15) is 0 Å². The first-order valence-corrected chi connectivity index (χ1v) is 7.51. The number of nitrogens with one attached hydrogen (secondary N) is 1. The lowest BCUT2D eigenvalue weighted by molar-refractivity contribution is -0.150. The van der Waals surface area contributed by atoms with Crippen LogP contribution < -0.4 is 5.32 Å². The molecular formula is C16H22N2O3. The molecule has 0 bridgehead atoms. The maximum atomic E-state index is 11.9. The molecule has 0 radical (unpaired) electrons. The molecule has 1 saturated carbocycles. The first kappa shape index (κ1) is 15.5. The van der Waals surface area contributed by atoms with E-state index in [9.17, 15) is 9.59 Å². The van der Waals surface area contributed by atoms with Crippen molar-refractivity contribution in [3.63, 3.8) is 0 Å². The van der Waals surface area contributed by atoms with E-state index in [0.29, 0.717) is 18.0 Å². The number of hydrogen-bond acceptors (Lipinski definition) is 4. The standard InChI is InChI=1S/C16H22N2O3/c1-12-3-2-4-14(11-12)16(20)21-10-9-18-15(19)13-5-7-17-8-6-13/h5-8,12,14H,2-4,9-11H2,1H3,(H,18,19). The van der Waals surface area contributed by atoms with Gasteiger partial charge < -0.3 is 10.1 Å². The summed E-state index contributed by atoms with van der Waals surface area (Å²) in [6, 6.07) is 3.29. The van der Waals surface area contributed by atoms with Crippen LogP contribution in [0.3, 0.4) is 0 Å². The van der Waals surface area contributed by atoms with Gasteiger partial charge in [0, 0.05) is 18.0 Å². The van der Waals surface area contributed by atoms with Gasteiger partial charge in [0.15, 0.2) is 0 Å². The van der Waals surface area contributed by atoms with Crippen LogP contribution >= 0.6 is 0 Å². The van der Waals surface area contributed by atoms with Crippen molar-refractivity contribution in [3.8, 4) is 0 Å². The van der Waals surface area contributed by atoms with Crippen molar-refractivity contribution < 1.29 is 14.3 Å². The number of carbonyl (C=O) groups excluding carboxylic acids is 2. The van der Waals surface area contributed by atoms with Gasteiger partial charge in [0.2, 0.25) is 0 Å². The molecule has 0 saturated heterocycles. The maximum Gasteiger partial charge on any atom is 0.309 e. The summed E-state index contributed by atoms with van der Waals surface area (Å²) in [6.45, 7) is 2.73. The third kappa shape index (κ3) is 4.85. The summed E-state index contributed by atoms with van der Waals surface area (Å²) >= 11 is 0. The lowest BCUT2D eigenvalue weighted by atomic mass is 9.82. The maximum absolute atomic E-state index is 11.9. The second-order valence-corrected chi connectivity index (χ2v) is 5.63. The molecule has 1 fully saturated rings. The molecule has 1 aliphatic rings. The van der Waals surface area contributed by atoms with Crippen LogP contribution in [0.25, 0.3) is 0 Å². The average Bonchev–Trinajstić information content (AvgIpc) is 2.52. The van der Waals surface area contributed by atoms with Crippen LogP contribution in [-0.4, -0.2) is 30.0 Å². The lowest BCUT2D eigenvalue weighted by Gasteiger charge is -2.25. The quantitative estimate of drug-likeness (QED) is 0.666. The highest BCUT2D eigenvalue weighted by molar-refractivity contribution is 5.93. The van der Waals surface area contributed by atoms with Gasteiger partial charge >= 0.3 is 5.97 Å². The van der Waals surface area contributed by atoms with Crippen LogP contribution in [0.4, 0.5) is 0 Å². The Morgan fingerprint density at radius 1 is 1.33 bits per heavy atom. The predicted octanol–water partition coefficient (Wildman–Crippen LogP) is 2.18. The molecule has 1 aromatic rings. The molecule has 0 aliphatic heterocycles. The third-order valence-electron chi connectivity index (χ3n) is 3.84. The summed E-state index contributed by atoms with van der Waals surface area (Å²) in [4.78, 5) is 27.5. The highest BCUT2D eigenvalue weighted by Crippen LogP contribution is 2.29. The Hall–Kier alpha value is -1.91. The first-order valence-electron chi connectivity index (χ1n) is 7.51. The van der Waals surface area contributed by atoms with E-state index in [2.05, 4.69) is 17.2 Å². The number of carbonyl (C=O) groups is 2. The van der Waals surface area contributed by atoms with Crippen molar-refractivity contribution in [1.82, 2.24) is 10.3 Å². The van der Waals surface area contributed by atoms with E-state index < -0.39 is 0 Å². The van der Waals surface area contributed by atoms with E-state index in [-0.39, 0.29) is 24.4 Å². The molecule has 5 nitrogen and oxygen atoms in total. The Bertz CT molecular complexity index is 476. The van der Waals surface area contributed by atoms with Crippen LogP contribution in [-0.2, 0) is 9.53 Å². The van der Waals surface area contributed by atoms with Gasteiger partial charge in [-0.1, -0.05) is 19.8 Å². The number of rotatable bonds is 5. The number of nitrogens with zero attached hydrogens (tertiary/aromatic N) is 1. The van der Waals surface area contributed by atoms with E-state index in [4.69, 9.17) is 4.74 Å². The number of aromatic nitrogens is 1. The van der Waals surface area contributed by atoms with Crippen molar-refractivity contribution in [1.29, 1.82) is 0 Å². The molecule has 2 unspecified atom stereocenters. The zero-order valence-electron chi connectivity index (χ0n) is 12.4. The summed E-state index contributed by atoms with van der Waals surface area (Å²) in [5, 5.41) is 2.72. The summed E-state index contributed by atoms with van der Waals surface area (Å²) < 4.78 is 5.25. The Morgan fingerprint density at radius 3 is 2.81 bits per heavy atom. The molecular weight excluding hydrogens is 268 g/mol. The summed E-state index contributed by atoms with van der Waals surface area (Å²) in [7, 11) is 0. The first-order chi connectivity index (χ1) is 10.2. The molecule has 2 atom stereocenters. The normalized spacial score (nSPS) is 21.6. The molecule has 0 aromatic carbocycles. The molecule has 21 heavy (non-hydrogen) atoms. The minimum Gasteiger partial charge on any atom is -0.464 e.